The SMILES string of the molecule is Cc1ccc(S(=O)(=O)OCCc2nc(C)sc2C)cc1. The second-order valence-electron chi connectivity index (χ2n) is 4.57. The van der Waals surface area contributed by atoms with Gasteiger partial charge in [0.15, 0.2) is 0 Å². The highest BCUT2D eigenvalue weighted by atomic mass is 32.2. The lowest BCUT2D eigenvalue weighted by atomic mass is 10.2. The van der Waals surface area contributed by atoms with Gasteiger partial charge < -0.3 is 0 Å². The average molecular weight is 311 g/mol. The standard InChI is InChI=1S/C14H17NO3S2/c1-10-4-6-13(7-5-10)20(16,17)18-9-8-14-11(2)19-12(3)15-14/h4-7H,8-9H2,1-3H3. The Morgan fingerprint density at radius 3 is 2.35 bits per heavy atom. The number of benzene rings is 1. The summed E-state index contributed by atoms with van der Waals surface area (Å²) < 4.78 is 29.0. The van der Waals surface area contributed by atoms with Crippen LogP contribution in [0.4, 0.5) is 0 Å². The molecule has 0 saturated carbocycles. The second-order valence-corrected chi connectivity index (χ2v) is 7.60. The first-order valence-electron chi connectivity index (χ1n) is 6.27. The molecule has 0 aliphatic carbocycles. The minimum absolute atomic E-state index is 0.111. The molecule has 2 aromatic rings. The minimum Gasteiger partial charge on any atom is -0.266 e. The molecule has 1 aromatic heterocycles. The molecule has 4 nitrogen and oxygen atoms in total. The Morgan fingerprint density at radius 2 is 1.80 bits per heavy atom. The quantitative estimate of drug-likeness (QED) is 0.797. The van der Waals surface area contributed by atoms with Crippen LogP contribution in [0.25, 0.3) is 0 Å². The van der Waals surface area contributed by atoms with Gasteiger partial charge in [0.2, 0.25) is 0 Å². The predicted octanol–water partition coefficient (Wildman–Crippen LogP) is 3.02. The molecule has 0 aliphatic heterocycles. The van der Waals surface area contributed by atoms with Gasteiger partial charge in [0.25, 0.3) is 10.1 Å². The van der Waals surface area contributed by atoms with Crippen LogP contribution in [-0.2, 0) is 20.7 Å². The molecule has 0 saturated heterocycles. The second kappa shape index (κ2) is 6.03. The molecule has 0 N–H and O–H groups in total. The molecule has 1 aromatic carbocycles. The van der Waals surface area contributed by atoms with Gasteiger partial charge in [-0.05, 0) is 32.9 Å². The van der Waals surface area contributed by atoms with Crippen molar-refractivity contribution in [1.29, 1.82) is 0 Å². The van der Waals surface area contributed by atoms with Crippen molar-refractivity contribution in [3.63, 3.8) is 0 Å². The molecule has 0 spiro atoms. The Balaban J connectivity index is 1.99. The maximum absolute atomic E-state index is 12.0. The summed E-state index contributed by atoms with van der Waals surface area (Å²) in [4.78, 5) is 5.66. The van der Waals surface area contributed by atoms with Crippen molar-refractivity contribution in [3.05, 3.63) is 45.4 Å². The van der Waals surface area contributed by atoms with Gasteiger partial charge in [-0.15, -0.1) is 11.3 Å². The van der Waals surface area contributed by atoms with Crippen LogP contribution in [0.2, 0.25) is 0 Å². The summed E-state index contributed by atoms with van der Waals surface area (Å²) in [7, 11) is -3.68. The molecule has 0 unspecified atom stereocenters. The van der Waals surface area contributed by atoms with E-state index in [1.165, 1.54) is 0 Å². The van der Waals surface area contributed by atoms with E-state index < -0.39 is 10.1 Å². The van der Waals surface area contributed by atoms with E-state index in [-0.39, 0.29) is 11.5 Å². The van der Waals surface area contributed by atoms with Gasteiger partial charge in [0.05, 0.1) is 22.2 Å². The van der Waals surface area contributed by atoms with E-state index in [0.29, 0.717) is 6.42 Å². The number of hydrogen-bond acceptors (Lipinski definition) is 5. The van der Waals surface area contributed by atoms with Crippen LogP contribution >= 0.6 is 11.3 Å². The van der Waals surface area contributed by atoms with E-state index in [4.69, 9.17) is 4.18 Å². The van der Waals surface area contributed by atoms with Gasteiger partial charge in [-0.25, -0.2) is 4.98 Å². The molecule has 1 heterocycles. The lowest BCUT2D eigenvalue weighted by Crippen LogP contribution is -2.09. The average Bonchev–Trinajstić information content (AvgIpc) is 2.68. The first-order chi connectivity index (χ1) is 9.38. The van der Waals surface area contributed by atoms with Crippen molar-refractivity contribution in [1.82, 2.24) is 4.98 Å². The molecule has 0 atom stereocenters. The summed E-state index contributed by atoms with van der Waals surface area (Å²) in [5.41, 5.74) is 1.92. The summed E-state index contributed by atoms with van der Waals surface area (Å²) in [6, 6.07) is 6.63. The molecular formula is C14H17NO3S2. The Morgan fingerprint density at radius 1 is 1.15 bits per heavy atom. The zero-order chi connectivity index (χ0) is 14.8. The first-order valence-corrected chi connectivity index (χ1v) is 8.50. The smallest absolute Gasteiger partial charge is 0.266 e. The number of aryl methyl sites for hydroxylation is 3. The zero-order valence-corrected chi connectivity index (χ0v) is 13.3. The summed E-state index contributed by atoms with van der Waals surface area (Å²) in [6.07, 6.45) is 0.501. The van der Waals surface area contributed by atoms with Crippen molar-refractivity contribution in [2.45, 2.75) is 32.1 Å². The molecular weight excluding hydrogens is 294 g/mol. The van der Waals surface area contributed by atoms with Crippen LogP contribution < -0.4 is 0 Å². The van der Waals surface area contributed by atoms with Crippen LogP contribution in [0.3, 0.4) is 0 Å². The van der Waals surface area contributed by atoms with Crippen molar-refractivity contribution in [2.75, 3.05) is 6.61 Å². The molecule has 0 amide bonds. The number of hydrogen-bond donors (Lipinski definition) is 0. The summed E-state index contributed by atoms with van der Waals surface area (Å²) in [5.74, 6) is 0. The fraction of sp³-hybridized carbons (Fsp3) is 0.357. The lowest BCUT2D eigenvalue weighted by Gasteiger charge is -2.05. The van der Waals surface area contributed by atoms with E-state index in [9.17, 15) is 8.42 Å². The number of rotatable bonds is 5. The van der Waals surface area contributed by atoms with Gasteiger partial charge in [-0.2, -0.15) is 8.42 Å². The van der Waals surface area contributed by atoms with Crippen LogP contribution in [0.15, 0.2) is 29.2 Å². The normalized spacial score (nSPS) is 11.8. The zero-order valence-electron chi connectivity index (χ0n) is 11.7. The third kappa shape index (κ3) is 3.65. The van der Waals surface area contributed by atoms with E-state index in [2.05, 4.69) is 4.98 Å². The van der Waals surface area contributed by atoms with E-state index >= 15 is 0 Å². The van der Waals surface area contributed by atoms with Crippen LogP contribution in [0.5, 0.6) is 0 Å². The summed E-state index contributed by atoms with van der Waals surface area (Å²) in [6.45, 7) is 5.93. The van der Waals surface area contributed by atoms with E-state index in [1.54, 1.807) is 35.6 Å². The minimum atomic E-state index is -3.68. The van der Waals surface area contributed by atoms with E-state index in [1.807, 2.05) is 20.8 Å². The van der Waals surface area contributed by atoms with Crippen molar-refractivity contribution >= 4 is 21.5 Å². The van der Waals surface area contributed by atoms with Crippen LogP contribution in [-0.4, -0.2) is 20.0 Å². The first kappa shape index (κ1) is 15.2. The molecule has 0 radical (unpaired) electrons. The highest BCUT2D eigenvalue weighted by Crippen LogP contribution is 2.18. The van der Waals surface area contributed by atoms with Gasteiger partial charge in [-0.3, -0.25) is 4.18 Å². The molecule has 108 valence electrons. The third-order valence-electron chi connectivity index (χ3n) is 2.89. The lowest BCUT2D eigenvalue weighted by molar-refractivity contribution is 0.321. The Labute approximate surface area is 123 Å². The highest BCUT2D eigenvalue weighted by Gasteiger charge is 2.15. The molecule has 6 heteroatoms. The highest BCUT2D eigenvalue weighted by molar-refractivity contribution is 7.86. The topological polar surface area (TPSA) is 56.3 Å². The van der Waals surface area contributed by atoms with Crippen LogP contribution in [0, 0.1) is 20.8 Å². The maximum atomic E-state index is 12.0. The Kier molecular flexibility index (Phi) is 4.57. The molecule has 0 aliphatic rings. The molecule has 20 heavy (non-hydrogen) atoms. The summed E-state index contributed by atoms with van der Waals surface area (Å²) in [5, 5.41) is 0.985. The molecule has 0 bridgehead atoms. The fourth-order valence-electron chi connectivity index (χ4n) is 1.83. The van der Waals surface area contributed by atoms with E-state index in [0.717, 1.165) is 21.1 Å². The van der Waals surface area contributed by atoms with Gasteiger partial charge in [0.1, 0.15) is 0 Å². The predicted molar refractivity (Wildman–Crippen MR) is 79.6 cm³/mol. The monoisotopic (exact) mass is 311 g/mol. The van der Waals surface area contributed by atoms with Gasteiger partial charge in [0, 0.05) is 11.3 Å². The van der Waals surface area contributed by atoms with Crippen molar-refractivity contribution in [2.24, 2.45) is 0 Å². The third-order valence-corrected chi connectivity index (χ3v) is 5.14. The van der Waals surface area contributed by atoms with Crippen molar-refractivity contribution < 1.29 is 12.6 Å². The fourth-order valence-corrected chi connectivity index (χ4v) is 3.60. The van der Waals surface area contributed by atoms with Crippen LogP contribution in [0.1, 0.15) is 21.1 Å². The Bertz CT molecular complexity index is 688. The van der Waals surface area contributed by atoms with Gasteiger partial charge >= 0.3 is 0 Å². The summed E-state index contributed by atoms with van der Waals surface area (Å²) >= 11 is 1.61. The maximum Gasteiger partial charge on any atom is 0.296 e. The Hall–Kier alpha value is -1.24. The number of thiazole rings is 1. The molecule has 0 fully saturated rings. The van der Waals surface area contributed by atoms with Crippen molar-refractivity contribution in [3.8, 4) is 0 Å². The number of nitrogens with zero attached hydrogens (tertiary/aromatic N) is 1. The number of aromatic nitrogens is 1. The van der Waals surface area contributed by atoms with Gasteiger partial charge in [-0.1, -0.05) is 17.7 Å². The molecule has 2 rings (SSSR count). The largest absolute Gasteiger partial charge is 0.296 e.